The molecule has 6 nitrogen and oxygen atoms in total. The SMILES string of the molecule is CCCOc1ccc(C2=C(Nc3cccc(F)c3)C(=O)N(c3ccc(C#N)cc3)C2=O)cc1. The summed E-state index contributed by atoms with van der Waals surface area (Å²) in [6.45, 7) is 2.57. The highest BCUT2D eigenvalue weighted by molar-refractivity contribution is 6.46. The van der Waals surface area contributed by atoms with E-state index in [1.807, 2.05) is 13.0 Å². The smallest absolute Gasteiger partial charge is 0.282 e. The van der Waals surface area contributed by atoms with Gasteiger partial charge in [0, 0.05) is 5.69 Å². The van der Waals surface area contributed by atoms with E-state index >= 15 is 0 Å². The minimum atomic E-state index is -0.574. The van der Waals surface area contributed by atoms with Gasteiger partial charge in [0.25, 0.3) is 11.8 Å². The number of nitrogens with one attached hydrogen (secondary N) is 1. The summed E-state index contributed by atoms with van der Waals surface area (Å²) in [5.41, 5.74) is 1.81. The lowest BCUT2D eigenvalue weighted by atomic mass is 10.0. The van der Waals surface area contributed by atoms with Crippen LogP contribution in [0.5, 0.6) is 5.75 Å². The second-order valence-corrected chi connectivity index (χ2v) is 7.36. The second kappa shape index (κ2) is 9.37. The molecule has 0 saturated heterocycles. The van der Waals surface area contributed by atoms with Crippen molar-refractivity contribution in [1.82, 2.24) is 0 Å². The number of nitrogens with zero attached hydrogens (tertiary/aromatic N) is 2. The van der Waals surface area contributed by atoms with Crippen LogP contribution >= 0.6 is 0 Å². The topological polar surface area (TPSA) is 82.4 Å². The number of anilines is 2. The number of ether oxygens (including phenoxy) is 1. The van der Waals surface area contributed by atoms with Crippen molar-refractivity contribution in [2.75, 3.05) is 16.8 Å². The van der Waals surface area contributed by atoms with E-state index in [-0.39, 0.29) is 11.3 Å². The molecule has 1 N–H and O–H groups in total. The fourth-order valence-electron chi connectivity index (χ4n) is 3.48. The number of hydrogen-bond acceptors (Lipinski definition) is 5. The van der Waals surface area contributed by atoms with Crippen LogP contribution in [-0.4, -0.2) is 18.4 Å². The van der Waals surface area contributed by atoms with Crippen LogP contribution in [0.4, 0.5) is 15.8 Å². The fraction of sp³-hybridized carbons (Fsp3) is 0.115. The average molecular weight is 441 g/mol. The first-order valence-electron chi connectivity index (χ1n) is 10.4. The van der Waals surface area contributed by atoms with Crippen molar-refractivity contribution < 1.29 is 18.7 Å². The molecular weight excluding hydrogens is 421 g/mol. The largest absolute Gasteiger partial charge is 0.494 e. The van der Waals surface area contributed by atoms with Crippen LogP contribution in [0.1, 0.15) is 24.5 Å². The van der Waals surface area contributed by atoms with Crippen LogP contribution < -0.4 is 15.0 Å². The Labute approximate surface area is 190 Å². The van der Waals surface area contributed by atoms with E-state index in [4.69, 9.17) is 10.00 Å². The number of carbonyl (C=O) groups excluding carboxylic acids is 2. The molecule has 0 fully saturated rings. The Balaban J connectivity index is 1.76. The molecule has 1 aliphatic heterocycles. The molecule has 7 heteroatoms. The monoisotopic (exact) mass is 441 g/mol. The van der Waals surface area contributed by atoms with E-state index in [1.165, 1.54) is 30.3 Å². The van der Waals surface area contributed by atoms with Crippen LogP contribution in [0.25, 0.3) is 5.57 Å². The van der Waals surface area contributed by atoms with Gasteiger partial charge in [0.15, 0.2) is 0 Å². The van der Waals surface area contributed by atoms with Gasteiger partial charge in [-0.25, -0.2) is 9.29 Å². The number of amides is 2. The Morgan fingerprint density at radius 2 is 1.73 bits per heavy atom. The Morgan fingerprint density at radius 3 is 2.36 bits per heavy atom. The highest BCUT2D eigenvalue weighted by Gasteiger charge is 2.40. The van der Waals surface area contributed by atoms with Gasteiger partial charge in [0.1, 0.15) is 17.3 Å². The van der Waals surface area contributed by atoms with Crippen molar-refractivity contribution in [2.45, 2.75) is 13.3 Å². The van der Waals surface area contributed by atoms with Gasteiger partial charge in [0.05, 0.1) is 29.5 Å². The molecule has 3 aromatic rings. The fourth-order valence-corrected chi connectivity index (χ4v) is 3.48. The van der Waals surface area contributed by atoms with Crippen LogP contribution in [0.2, 0.25) is 0 Å². The van der Waals surface area contributed by atoms with E-state index < -0.39 is 17.6 Å². The Bertz CT molecular complexity index is 1280. The number of hydrogen-bond donors (Lipinski definition) is 1. The van der Waals surface area contributed by atoms with Gasteiger partial charge in [-0.3, -0.25) is 9.59 Å². The molecule has 0 unspecified atom stereocenters. The molecule has 3 aromatic carbocycles. The molecule has 0 aromatic heterocycles. The molecule has 0 bridgehead atoms. The van der Waals surface area contributed by atoms with Gasteiger partial charge in [-0.15, -0.1) is 0 Å². The lowest BCUT2D eigenvalue weighted by Gasteiger charge is -2.15. The third-order valence-electron chi connectivity index (χ3n) is 5.05. The molecule has 33 heavy (non-hydrogen) atoms. The van der Waals surface area contributed by atoms with Crippen molar-refractivity contribution >= 4 is 28.8 Å². The maximum absolute atomic E-state index is 13.7. The number of carbonyl (C=O) groups is 2. The zero-order valence-corrected chi connectivity index (χ0v) is 17.8. The summed E-state index contributed by atoms with van der Waals surface area (Å²) in [6.07, 6.45) is 0.862. The molecular formula is C26H20FN3O3. The van der Waals surface area contributed by atoms with E-state index in [0.717, 1.165) is 11.3 Å². The van der Waals surface area contributed by atoms with Gasteiger partial charge in [-0.2, -0.15) is 5.26 Å². The van der Waals surface area contributed by atoms with E-state index in [1.54, 1.807) is 42.5 Å². The van der Waals surface area contributed by atoms with Crippen LogP contribution in [0.3, 0.4) is 0 Å². The molecule has 0 spiro atoms. The summed E-state index contributed by atoms with van der Waals surface area (Å²) in [6, 6.07) is 20.7. The highest BCUT2D eigenvalue weighted by Crippen LogP contribution is 2.34. The number of nitriles is 1. The minimum Gasteiger partial charge on any atom is -0.494 e. The molecule has 0 radical (unpaired) electrons. The summed E-state index contributed by atoms with van der Waals surface area (Å²) in [4.78, 5) is 27.8. The summed E-state index contributed by atoms with van der Waals surface area (Å²) >= 11 is 0. The summed E-state index contributed by atoms with van der Waals surface area (Å²) < 4.78 is 19.3. The van der Waals surface area contributed by atoms with E-state index in [2.05, 4.69) is 5.32 Å². The summed E-state index contributed by atoms with van der Waals surface area (Å²) in [5.74, 6) is -0.914. The maximum atomic E-state index is 13.7. The van der Waals surface area contributed by atoms with Crippen molar-refractivity contribution in [3.8, 4) is 11.8 Å². The maximum Gasteiger partial charge on any atom is 0.282 e. The predicted molar refractivity (Wildman–Crippen MR) is 123 cm³/mol. The zero-order chi connectivity index (χ0) is 23.4. The molecule has 164 valence electrons. The highest BCUT2D eigenvalue weighted by atomic mass is 19.1. The minimum absolute atomic E-state index is 0.0391. The van der Waals surface area contributed by atoms with E-state index in [0.29, 0.717) is 34.9 Å². The predicted octanol–water partition coefficient (Wildman–Crippen LogP) is 4.88. The lowest BCUT2D eigenvalue weighted by molar-refractivity contribution is -0.120. The third kappa shape index (κ3) is 4.46. The van der Waals surface area contributed by atoms with E-state index in [9.17, 15) is 14.0 Å². The molecule has 1 heterocycles. The molecule has 1 aliphatic rings. The number of benzene rings is 3. The Morgan fingerprint density at radius 1 is 1.00 bits per heavy atom. The van der Waals surface area contributed by atoms with Crippen molar-refractivity contribution in [1.29, 1.82) is 5.26 Å². The number of halogens is 1. The first-order valence-corrected chi connectivity index (χ1v) is 10.4. The second-order valence-electron chi connectivity index (χ2n) is 7.36. The average Bonchev–Trinajstić information content (AvgIpc) is 3.07. The molecule has 0 atom stereocenters. The van der Waals surface area contributed by atoms with Gasteiger partial charge >= 0.3 is 0 Å². The Kier molecular flexibility index (Phi) is 6.18. The van der Waals surface area contributed by atoms with Gasteiger partial charge < -0.3 is 10.1 Å². The van der Waals surface area contributed by atoms with Crippen LogP contribution in [0.15, 0.2) is 78.5 Å². The summed E-state index contributed by atoms with van der Waals surface area (Å²) in [7, 11) is 0. The molecule has 4 rings (SSSR count). The van der Waals surface area contributed by atoms with Gasteiger partial charge in [0.2, 0.25) is 0 Å². The Hall–Kier alpha value is -4.44. The molecule has 2 amide bonds. The number of imide groups is 1. The number of rotatable bonds is 7. The van der Waals surface area contributed by atoms with Crippen LogP contribution in [0, 0.1) is 17.1 Å². The van der Waals surface area contributed by atoms with Crippen LogP contribution in [-0.2, 0) is 9.59 Å². The quantitative estimate of drug-likeness (QED) is 0.529. The first kappa shape index (κ1) is 21.8. The molecule has 0 aliphatic carbocycles. The van der Waals surface area contributed by atoms with Gasteiger partial charge in [-0.05, 0) is 66.6 Å². The lowest BCUT2D eigenvalue weighted by Crippen LogP contribution is -2.32. The summed E-state index contributed by atoms with van der Waals surface area (Å²) in [5, 5.41) is 12.0. The molecule has 0 saturated carbocycles. The van der Waals surface area contributed by atoms with Crippen molar-refractivity contribution in [3.63, 3.8) is 0 Å². The zero-order valence-electron chi connectivity index (χ0n) is 17.8. The van der Waals surface area contributed by atoms with Crippen molar-refractivity contribution in [2.24, 2.45) is 0 Å². The first-order chi connectivity index (χ1) is 16.0. The van der Waals surface area contributed by atoms with Gasteiger partial charge in [-0.1, -0.05) is 25.1 Å². The normalized spacial score (nSPS) is 13.3. The standard InChI is InChI=1S/C26H20FN3O3/c1-2-14-33-22-12-8-18(9-13-22)23-24(29-20-5-3-4-19(27)15-20)26(32)30(25(23)31)21-10-6-17(16-28)7-11-21/h3-13,15,29H,2,14H2,1H3. The van der Waals surface area contributed by atoms with Crippen molar-refractivity contribution in [3.05, 3.63) is 95.4 Å². The third-order valence-corrected chi connectivity index (χ3v) is 5.05.